The average Bonchev–Trinajstić information content (AvgIpc) is 2.98. The maximum Gasteiger partial charge on any atom is 0.416 e. The topological polar surface area (TPSA) is 40.6 Å². The van der Waals surface area contributed by atoms with Gasteiger partial charge in [0.05, 0.1) is 23.2 Å². The molecule has 1 saturated heterocycles. The molecule has 34 heavy (non-hydrogen) atoms. The molecule has 0 aromatic heterocycles. The molecule has 2 amide bonds. The molecule has 3 aliphatic rings. The van der Waals surface area contributed by atoms with Crippen LogP contribution < -0.4 is 9.80 Å². The molecule has 2 atom stereocenters. The van der Waals surface area contributed by atoms with Gasteiger partial charge in [0.25, 0.3) is 5.91 Å². The maximum atomic E-state index is 13.8. The minimum absolute atomic E-state index is 0.140. The van der Waals surface area contributed by atoms with E-state index in [1.54, 1.807) is 6.08 Å². The number of hydrogen-bond donors (Lipinski definition) is 0. The average molecular weight is 460 g/mol. The van der Waals surface area contributed by atoms with E-state index in [0.29, 0.717) is 12.1 Å². The van der Waals surface area contributed by atoms with Crippen LogP contribution in [0, 0.1) is 5.92 Å². The Morgan fingerprint density at radius 1 is 0.853 bits per heavy atom. The lowest BCUT2D eigenvalue weighted by molar-refractivity contribution is -0.137. The third kappa shape index (κ3) is 3.00. The van der Waals surface area contributed by atoms with Crippen LogP contribution in [0.2, 0.25) is 0 Å². The predicted molar refractivity (Wildman–Crippen MR) is 122 cm³/mol. The highest BCUT2D eigenvalue weighted by molar-refractivity contribution is 6.31. The van der Waals surface area contributed by atoms with Crippen molar-refractivity contribution in [3.8, 4) is 0 Å². The molecular formula is C27H19F3N2O2. The summed E-state index contributed by atoms with van der Waals surface area (Å²) in [5.41, 5.74) is 3.62. The van der Waals surface area contributed by atoms with Crippen LogP contribution in [0.15, 0.2) is 78.4 Å². The molecule has 1 fully saturated rings. The largest absolute Gasteiger partial charge is 0.416 e. The lowest BCUT2D eigenvalue weighted by Gasteiger charge is -2.41. The Labute approximate surface area is 193 Å². The number of nitrogens with zero attached hydrogens (tertiary/aromatic N) is 2. The Bertz CT molecular complexity index is 1360. The van der Waals surface area contributed by atoms with E-state index in [2.05, 4.69) is 4.90 Å². The van der Waals surface area contributed by atoms with Crippen LogP contribution in [0.3, 0.4) is 0 Å². The van der Waals surface area contributed by atoms with Gasteiger partial charge in [-0.1, -0.05) is 42.5 Å². The van der Waals surface area contributed by atoms with Crippen molar-refractivity contribution >= 4 is 29.3 Å². The summed E-state index contributed by atoms with van der Waals surface area (Å²) in [6, 6.07) is 19.5. The fourth-order valence-electron chi connectivity index (χ4n) is 5.40. The van der Waals surface area contributed by atoms with Gasteiger partial charge in [-0.05, 0) is 59.5 Å². The first kappa shape index (κ1) is 20.7. The van der Waals surface area contributed by atoms with E-state index in [0.717, 1.165) is 45.8 Å². The lowest BCUT2D eigenvalue weighted by atomic mass is 9.82. The van der Waals surface area contributed by atoms with Gasteiger partial charge in [-0.2, -0.15) is 13.2 Å². The third-order valence-corrected chi connectivity index (χ3v) is 6.93. The number of benzene rings is 3. The summed E-state index contributed by atoms with van der Waals surface area (Å²) in [6.07, 6.45) is -1.92. The van der Waals surface area contributed by atoms with Crippen LogP contribution in [-0.2, 0) is 22.2 Å². The number of hydrogen-bond acceptors (Lipinski definition) is 3. The van der Waals surface area contributed by atoms with Crippen LogP contribution in [0.4, 0.5) is 24.5 Å². The van der Waals surface area contributed by atoms with Crippen molar-refractivity contribution in [1.82, 2.24) is 0 Å². The highest BCUT2D eigenvalue weighted by atomic mass is 19.4. The van der Waals surface area contributed by atoms with Crippen molar-refractivity contribution in [2.45, 2.75) is 18.6 Å². The Hall–Kier alpha value is -3.87. The fraction of sp³-hybridized carbons (Fsp3) is 0.185. The summed E-state index contributed by atoms with van der Waals surface area (Å²) in [5.74, 6) is -1.67. The Balaban J connectivity index is 1.51. The standard InChI is InChI=1S/C27H19F3N2O2/c28-27(29,30)18-9-11-19(12-10-18)32-25(33)21-15-17-6-2-4-8-22(17)31-14-13-16-5-1-3-7-20(16)24(31)23(21)26(32)34/h1-12,15,23-24H,13-14H2. The van der Waals surface area contributed by atoms with E-state index >= 15 is 0 Å². The number of rotatable bonds is 1. The molecule has 7 heteroatoms. The molecule has 0 saturated carbocycles. The molecule has 3 aromatic rings. The van der Waals surface area contributed by atoms with Gasteiger partial charge in [0.2, 0.25) is 5.91 Å². The second kappa shape index (κ2) is 7.32. The van der Waals surface area contributed by atoms with Crippen molar-refractivity contribution in [2.24, 2.45) is 5.92 Å². The Morgan fingerprint density at radius 2 is 1.56 bits per heavy atom. The summed E-state index contributed by atoms with van der Waals surface area (Å²) < 4.78 is 39.1. The first-order valence-electron chi connectivity index (χ1n) is 11.1. The van der Waals surface area contributed by atoms with Gasteiger partial charge < -0.3 is 4.90 Å². The van der Waals surface area contributed by atoms with Crippen molar-refractivity contribution < 1.29 is 22.8 Å². The predicted octanol–water partition coefficient (Wildman–Crippen LogP) is 5.40. The minimum Gasteiger partial charge on any atom is -0.363 e. The quantitative estimate of drug-likeness (QED) is 0.457. The smallest absolute Gasteiger partial charge is 0.363 e. The van der Waals surface area contributed by atoms with E-state index < -0.39 is 29.5 Å². The molecule has 170 valence electrons. The summed E-state index contributed by atoms with van der Waals surface area (Å²) in [5, 5.41) is 0. The number of fused-ring (bicyclic) bond motifs is 7. The molecule has 6 rings (SSSR count). The number of imide groups is 1. The number of halogens is 3. The van der Waals surface area contributed by atoms with Crippen LogP contribution in [0.5, 0.6) is 0 Å². The molecular weight excluding hydrogens is 441 g/mol. The summed E-state index contributed by atoms with van der Waals surface area (Å²) in [7, 11) is 0. The van der Waals surface area contributed by atoms with Gasteiger partial charge in [-0.15, -0.1) is 0 Å². The molecule has 3 aromatic carbocycles. The van der Waals surface area contributed by atoms with Gasteiger partial charge in [0.1, 0.15) is 0 Å². The van der Waals surface area contributed by atoms with E-state index in [1.165, 1.54) is 12.1 Å². The first-order chi connectivity index (χ1) is 16.3. The molecule has 0 N–H and O–H groups in total. The second-order valence-corrected chi connectivity index (χ2v) is 8.75. The number of para-hydroxylation sites is 1. The third-order valence-electron chi connectivity index (χ3n) is 6.93. The van der Waals surface area contributed by atoms with Crippen molar-refractivity contribution in [3.63, 3.8) is 0 Å². The van der Waals surface area contributed by atoms with E-state index in [-0.39, 0.29) is 11.7 Å². The van der Waals surface area contributed by atoms with E-state index in [4.69, 9.17) is 0 Å². The molecule has 2 unspecified atom stereocenters. The normalized spacial score (nSPS) is 21.3. The number of carbonyl (C=O) groups excluding carboxylic acids is 2. The molecule has 0 aliphatic carbocycles. The lowest BCUT2D eigenvalue weighted by Crippen LogP contribution is -2.42. The van der Waals surface area contributed by atoms with Crippen LogP contribution in [-0.4, -0.2) is 18.4 Å². The van der Waals surface area contributed by atoms with Crippen LogP contribution >= 0.6 is 0 Å². The molecule has 3 heterocycles. The summed E-state index contributed by atoms with van der Waals surface area (Å²) >= 11 is 0. The van der Waals surface area contributed by atoms with Crippen LogP contribution in [0.1, 0.15) is 28.3 Å². The minimum atomic E-state index is -4.50. The Morgan fingerprint density at radius 3 is 2.32 bits per heavy atom. The van der Waals surface area contributed by atoms with Crippen molar-refractivity contribution in [1.29, 1.82) is 0 Å². The zero-order valence-corrected chi connectivity index (χ0v) is 17.9. The highest BCUT2D eigenvalue weighted by Crippen LogP contribution is 2.49. The van der Waals surface area contributed by atoms with Gasteiger partial charge in [0, 0.05) is 17.8 Å². The van der Waals surface area contributed by atoms with Gasteiger partial charge in [-0.25, -0.2) is 4.90 Å². The second-order valence-electron chi connectivity index (χ2n) is 8.75. The Kier molecular flexibility index (Phi) is 4.46. The highest BCUT2D eigenvalue weighted by Gasteiger charge is 2.52. The molecule has 0 radical (unpaired) electrons. The van der Waals surface area contributed by atoms with Crippen molar-refractivity contribution in [2.75, 3.05) is 16.3 Å². The monoisotopic (exact) mass is 460 g/mol. The summed E-state index contributed by atoms with van der Waals surface area (Å²) in [6.45, 7) is 0.693. The maximum absolute atomic E-state index is 13.8. The van der Waals surface area contributed by atoms with E-state index in [9.17, 15) is 22.8 Å². The number of carbonyl (C=O) groups is 2. The van der Waals surface area contributed by atoms with Gasteiger partial charge in [-0.3, -0.25) is 9.59 Å². The van der Waals surface area contributed by atoms with Gasteiger partial charge in [0.15, 0.2) is 0 Å². The molecule has 0 spiro atoms. The van der Waals surface area contributed by atoms with E-state index in [1.807, 2.05) is 48.5 Å². The van der Waals surface area contributed by atoms with Crippen molar-refractivity contribution in [3.05, 3.63) is 101 Å². The fourth-order valence-corrected chi connectivity index (χ4v) is 5.40. The zero-order valence-electron chi connectivity index (χ0n) is 17.9. The molecule has 4 nitrogen and oxygen atoms in total. The number of amides is 2. The zero-order chi connectivity index (χ0) is 23.6. The molecule has 0 bridgehead atoms. The van der Waals surface area contributed by atoms with Gasteiger partial charge >= 0.3 is 6.18 Å². The first-order valence-corrected chi connectivity index (χ1v) is 11.1. The molecule has 3 aliphatic heterocycles. The van der Waals surface area contributed by atoms with Crippen LogP contribution in [0.25, 0.3) is 6.08 Å². The number of alkyl halides is 3. The SMILES string of the molecule is O=C1C2=Cc3ccccc3N3CCc4ccccc4C3C2C(=O)N1c1ccc(C(F)(F)F)cc1. The number of anilines is 2. The summed E-state index contributed by atoms with van der Waals surface area (Å²) in [4.78, 5) is 30.6.